The van der Waals surface area contributed by atoms with Crippen LogP contribution in [0.15, 0.2) is 47.7 Å². The van der Waals surface area contributed by atoms with E-state index >= 15 is 0 Å². The second-order valence-corrected chi connectivity index (χ2v) is 5.47. The van der Waals surface area contributed by atoms with Crippen molar-refractivity contribution in [1.82, 2.24) is 9.78 Å². The SMILES string of the molecule is CC(C)C1COC(c2cnn(Cc3ccccc3)c2)=N1. The second kappa shape index (κ2) is 5.49. The van der Waals surface area contributed by atoms with Gasteiger partial charge in [0.15, 0.2) is 0 Å². The highest BCUT2D eigenvalue weighted by atomic mass is 16.5. The number of aromatic nitrogens is 2. The summed E-state index contributed by atoms with van der Waals surface area (Å²) in [5.74, 6) is 1.23. The zero-order valence-corrected chi connectivity index (χ0v) is 11.9. The maximum atomic E-state index is 5.67. The van der Waals surface area contributed by atoms with Crippen LogP contribution in [-0.2, 0) is 11.3 Å². The summed E-state index contributed by atoms with van der Waals surface area (Å²) in [4.78, 5) is 4.62. The van der Waals surface area contributed by atoms with Gasteiger partial charge in [0.2, 0.25) is 5.90 Å². The molecule has 1 aliphatic heterocycles. The van der Waals surface area contributed by atoms with Gasteiger partial charge in [-0.15, -0.1) is 0 Å². The molecular weight excluding hydrogens is 250 g/mol. The van der Waals surface area contributed by atoms with Crippen molar-refractivity contribution in [1.29, 1.82) is 0 Å². The summed E-state index contributed by atoms with van der Waals surface area (Å²) >= 11 is 0. The fraction of sp³-hybridized carbons (Fsp3) is 0.375. The van der Waals surface area contributed by atoms with Crippen molar-refractivity contribution in [2.75, 3.05) is 6.61 Å². The average Bonchev–Trinajstić information content (AvgIpc) is 3.08. The van der Waals surface area contributed by atoms with Crippen molar-refractivity contribution in [3.8, 4) is 0 Å². The number of hydrogen-bond acceptors (Lipinski definition) is 3. The molecule has 0 saturated heterocycles. The molecule has 3 rings (SSSR count). The van der Waals surface area contributed by atoms with Gasteiger partial charge in [-0.3, -0.25) is 4.68 Å². The first-order valence-electron chi connectivity index (χ1n) is 7.00. The van der Waals surface area contributed by atoms with Crippen molar-refractivity contribution < 1.29 is 4.74 Å². The molecular formula is C16H19N3O. The molecule has 104 valence electrons. The third kappa shape index (κ3) is 2.74. The van der Waals surface area contributed by atoms with E-state index in [-0.39, 0.29) is 6.04 Å². The van der Waals surface area contributed by atoms with E-state index in [1.165, 1.54) is 5.56 Å². The quantitative estimate of drug-likeness (QED) is 0.856. The summed E-state index contributed by atoms with van der Waals surface area (Å²) < 4.78 is 7.59. The van der Waals surface area contributed by atoms with Gasteiger partial charge in [-0.1, -0.05) is 44.2 Å². The molecule has 0 radical (unpaired) electrons. The van der Waals surface area contributed by atoms with Crippen LogP contribution in [0.5, 0.6) is 0 Å². The van der Waals surface area contributed by atoms with Crippen molar-refractivity contribution in [3.63, 3.8) is 0 Å². The third-order valence-electron chi connectivity index (χ3n) is 3.51. The summed E-state index contributed by atoms with van der Waals surface area (Å²) in [6.07, 6.45) is 3.82. The van der Waals surface area contributed by atoms with Crippen molar-refractivity contribution in [2.24, 2.45) is 10.9 Å². The van der Waals surface area contributed by atoms with Crippen LogP contribution in [0.4, 0.5) is 0 Å². The first-order valence-corrected chi connectivity index (χ1v) is 7.00. The molecule has 1 aromatic heterocycles. The molecule has 0 spiro atoms. The molecule has 0 saturated carbocycles. The molecule has 1 unspecified atom stereocenters. The molecule has 4 nitrogen and oxygen atoms in total. The van der Waals surface area contributed by atoms with Crippen molar-refractivity contribution >= 4 is 5.90 Å². The molecule has 4 heteroatoms. The summed E-state index contributed by atoms with van der Waals surface area (Å²) in [7, 11) is 0. The Labute approximate surface area is 119 Å². The van der Waals surface area contributed by atoms with E-state index in [2.05, 4.69) is 36.1 Å². The van der Waals surface area contributed by atoms with Crippen LogP contribution in [0.3, 0.4) is 0 Å². The monoisotopic (exact) mass is 269 g/mol. The van der Waals surface area contributed by atoms with E-state index in [4.69, 9.17) is 4.74 Å². The molecule has 0 fully saturated rings. The first kappa shape index (κ1) is 12.9. The Kier molecular flexibility index (Phi) is 3.54. The normalized spacial score (nSPS) is 18.1. The van der Waals surface area contributed by atoms with Crippen LogP contribution in [0.1, 0.15) is 25.0 Å². The number of hydrogen-bond donors (Lipinski definition) is 0. The van der Waals surface area contributed by atoms with E-state index in [0.29, 0.717) is 12.5 Å². The Morgan fingerprint density at radius 2 is 2.10 bits per heavy atom. The summed E-state index contributed by atoms with van der Waals surface area (Å²) in [6.45, 7) is 5.77. The van der Waals surface area contributed by atoms with E-state index in [0.717, 1.165) is 18.0 Å². The van der Waals surface area contributed by atoms with E-state index < -0.39 is 0 Å². The number of rotatable bonds is 4. The number of benzene rings is 1. The van der Waals surface area contributed by atoms with Gasteiger partial charge in [-0.25, -0.2) is 4.99 Å². The Balaban J connectivity index is 1.73. The molecule has 2 aromatic rings. The van der Waals surface area contributed by atoms with Crippen LogP contribution < -0.4 is 0 Å². The first-order chi connectivity index (χ1) is 9.72. The van der Waals surface area contributed by atoms with E-state index in [1.54, 1.807) is 0 Å². The van der Waals surface area contributed by atoms with Crippen LogP contribution in [-0.4, -0.2) is 28.3 Å². The predicted octanol–water partition coefficient (Wildman–Crippen LogP) is 2.73. The summed E-state index contributed by atoms with van der Waals surface area (Å²) in [5, 5.41) is 4.38. The number of ether oxygens (including phenoxy) is 1. The molecule has 0 aliphatic carbocycles. The molecule has 2 heterocycles. The van der Waals surface area contributed by atoms with Gasteiger partial charge in [0.05, 0.1) is 24.3 Å². The maximum absolute atomic E-state index is 5.67. The largest absolute Gasteiger partial charge is 0.475 e. The maximum Gasteiger partial charge on any atom is 0.219 e. The van der Waals surface area contributed by atoms with Crippen LogP contribution in [0.2, 0.25) is 0 Å². The lowest BCUT2D eigenvalue weighted by Crippen LogP contribution is -2.13. The van der Waals surface area contributed by atoms with Gasteiger partial charge in [0, 0.05) is 6.20 Å². The summed E-state index contributed by atoms with van der Waals surface area (Å²) in [6, 6.07) is 10.6. The standard InChI is InChI=1S/C16H19N3O/c1-12(2)15-11-20-16(18-15)14-8-17-19(10-14)9-13-6-4-3-5-7-13/h3-8,10,12,15H,9,11H2,1-2H3. The second-order valence-electron chi connectivity index (χ2n) is 5.47. The lowest BCUT2D eigenvalue weighted by molar-refractivity contribution is 0.292. The Morgan fingerprint density at radius 3 is 2.80 bits per heavy atom. The van der Waals surface area contributed by atoms with Gasteiger partial charge in [-0.05, 0) is 11.5 Å². The smallest absolute Gasteiger partial charge is 0.219 e. The molecule has 1 atom stereocenters. The zero-order chi connectivity index (χ0) is 13.9. The van der Waals surface area contributed by atoms with Crippen molar-refractivity contribution in [2.45, 2.75) is 26.4 Å². The van der Waals surface area contributed by atoms with Crippen LogP contribution >= 0.6 is 0 Å². The van der Waals surface area contributed by atoms with Gasteiger partial charge in [-0.2, -0.15) is 5.10 Å². The molecule has 1 aliphatic rings. The molecule has 20 heavy (non-hydrogen) atoms. The topological polar surface area (TPSA) is 39.4 Å². The average molecular weight is 269 g/mol. The highest BCUT2D eigenvalue weighted by molar-refractivity contribution is 5.94. The number of aliphatic imine (C=N–C) groups is 1. The third-order valence-corrected chi connectivity index (χ3v) is 3.51. The minimum absolute atomic E-state index is 0.266. The van der Waals surface area contributed by atoms with E-state index in [9.17, 15) is 0 Å². The highest BCUT2D eigenvalue weighted by Gasteiger charge is 2.23. The summed E-state index contributed by atoms with van der Waals surface area (Å²) in [5.41, 5.74) is 2.19. The fourth-order valence-corrected chi connectivity index (χ4v) is 2.22. The molecule has 0 amide bonds. The lowest BCUT2D eigenvalue weighted by Gasteiger charge is -2.06. The lowest BCUT2D eigenvalue weighted by atomic mass is 10.1. The highest BCUT2D eigenvalue weighted by Crippen LogP contribution is 2.17. The Bertz CT molecular complexity index is 601. The minimum Gasteiger partial charge on any atom is -0.475 e. The Morgan fingerprint density at radius 1 is 1.30 bits per heavy atom. The number of nitrogens with zero attached hydrogens (tertiary/aromatic N) is 3. The Hall–Kier alpha value is -2.10. The van der Waals surface area contributed by atoms with Gasteiger partial charge < -0.3 is 4.74 Å². The predicted molar refractivity (Wildman–Crippen MR) is 78.9 cm³/mol. The molecule has 1 aromatic carbocycles. The van der Waals surface area contributed by atoms with Crippen molar-refractivity contribution in [3.05, 3.63) is 53.9 Å². The van der Waals surface area contributed by atoms with Crippen LogP contribution in [0, 0.1) is 5.92 Å². The van der Waals surface area contributed by atoms with Gasteiger partial charge in [0.25, 0.3) is 0 Å². The minimum atomic E-state index is 0.266. The molecule has 0 N–H and O–H groups in total. The van der Waals surface area contributed by atoms with Gasteiger partial charge in [0.1, 0.15) is 6.61 Å². The van der Waals surface area contributed by atoms with Gasteiger partial charge >= 0.3 is 0 Å². The molecule has 0 bridgehead atoms. The van der Waals surface area contributed by atoms with Crippen LogP contribution in [0.25, 0.3) is 0 Å². The fourth-order valence-electron chi connectivity index (χ4n) is 2.22. The van der Waals surface area contributed by atoms with E-state index in [1.807, 2.05) is 35.3 Å². The zero-order valence-electron chi connectivity index (χ0n) is 11.9.